The molecule has 3 heterocycles. The van der Waals surface area contributed by atoms with Gasteiger partial charge in [0.25, 0.3) is 0 Å². The smallest absolute Gasteiger partial charge is 0.179 e. The predicted octanol–water partition coefficient (Wildman–Crippen LogP) is 1.68. The lowest BCUT2D eigenvalue weighted by atomic mass is 10.2. The Labute approximate surface area is 133 Å². The van der Waals surface area contributed by atoms with Crippen LogP contribution in [0.15, 0.2) is 60.0 Å². The van der Waals surface area contributed by atoms with Crippen molar-refractivity contribution in [3.8, 4) is 5.82 Å². The molecule has 1 N–H and O–H groups in total. The van der Waals surface area contributed by atoms with Crippen molar-refractivity contribution in [1.29, 1.82) is 0 Å². The van der Waals surface area contributed by atoms with E-state index in [-0.39, 0.29) is 4.90 Å². The second-order valence-corrected chi connectivity index (χ2v) is 6.90. The van der Waals surface area contributed by atoms with Crippen LogP contribution in [0.4, 0.5) is 5.82 Å². The number of aromatic nitrogens is 4. The largest absolute Gasteiger partial charge is 0.365 e. The fraction of sp³-hybridized carbons (Fsp3) is 0.133. The molecule has 0 saturated carbocycles. The van der Waals surface area contributed by atoms with E-state index in [1.165, 1.54) is 6.07 Å². The van der Waals surface area contributed by atoms with E-state index in [1.54, 1.807) is 35.5 Å². The normalized spacial score (nSPS) is 11.3. The highest BCUT2D eigenvalue weighted by Gasteiger charge is 2.14. The third-order valence-corrected chi connectivity index (χ3v) is 4.33. The molecule has 23 heavy (non-hydrogen) atoms. The molecule has 0 atom stereocenters. The highest BCUT2D eigenvalue weighted by molar-refractivity contribution is 7.90. The van der Waals surface area contributed by atoms with Gasteiger partial charge in [-0.3, -0.25) is 0 Å². The van der Waals surface area contributed by atoms with Crippen molar-refractivity contribution < 1.29 is 8.42 Å². The summed E-state index contributed by atoms with van der Waals surface area (Å²) in [6.07, 6.45) is 7.87. The predicted molar refractivity (Wildman–Crippen MR) is 86.0 cm³/mol. The summed E-state index contributed by atoms with van der Waals surface area (Å²) in [5, 5.41) is 7.24. The first-order valence-corrected chi connectivity index (χ1v) is 8.78. The Morgan fingerprint density at radius 3 is 2.61 bits per heavy atom. The summed E-state index contributed by atoms with van der Waals surface area (Å²) in [5.74, 6) is 1.01. The first-order valence-electron chi connectivity index (χ1n) is 6.88. The van der Waals surface area contributed by atoms with Crippen LogP contribution < -0.4 is 5.32 Å². The van der Waals surface area contributed by atoms with Crippen molar-refractivity contribution in [1.82, 2.24) is 19.7 Å². The summed E-state index contributed by atoms with van der Waals surface area (Å²) in [4.78, 5) is 8.62. The van der Waals surface area contributed by atoms with Crippen LogP contribution in [-0.2, 0) is 16.4 Å². The highest BCUT2D eigenvalue weighted by Crippen LogP contribution is 2.19. The van der Waals surface area contributed by atoms with E-state index in [2.05, 4.69) is 20.4 Å². The van der Waals surface area contributed by atoms with Crippen molar-refractivity contribution in [2.24, 2.45) is 0 Å². The molecular weight excluding hydrogens is 314 g/mol. The summed E-state index contributed by atoms with van der Waals surface area (Å²) >= 11 is 0. The molecule has 7 nitrogen and oxygen atoms in total. The monoisotopic (exact) mass is 329 g/mol. The lowest BCUT2D eigenvalue weighted by molar-refractivity contribution is 0.601. The quantitative estimate of drug-likeness (QED) is 0.766. The summed E-state index contributed by atoms with van der Waals surface area (Å²) in [6.45, 7) is 0.378. The zero-order chi connectivity index (χ0) is 16.3. The second kappa shape index (κ2) is 6.17. The number of pyridine rings is 2. The van der Waals surface area contributed by atoms with Gasteiger partial charge >= 0.3 is 0 Å². The molecule has 0 fully saturated rings. The molecule has 3 aromatic rings. The van der Waals surface area contributed by atoms with E-state index >= 15 is 0 Å². The van der Waals surface area contributed by atoms with Gasteiger partial charge < -0.3 is 5.32 Å². The number of nitrogens with one attached hydrogen (secondary N) is 1. The van der Waals surface area contributed by atoms with Gasteiger partial charge in [0.1, 0.15) is 10.7 Å². The van der Waals surface area contributed by atoms with E-state index in [9.17, 15) is 8.42 Å². The van der Waals surface area contributed by atoms with Gasteiger partial charge in [0.2, 0.25) is 0 Å². The SMILES string of the molecule is CS(=O)(=O)c1cccnc1NCc1cccnc1-n1cccn1. The van der Waals surface area contributed by atoms with Crippen LogP contribution in [-0.4, -0.2) is 34.4 Å². The van der Waals surface area contributed by atoms with E-state index in [0.717, 1.165) is 11.8 Å². The minimum atomic E-state index is -3.35. The third kappa shape index (κ3) is 3.37. The fourth-order valence-electron chi connectivity index (χ4n) is 2.17. The number of anilines is 1. The summed E-state index contributed by atoms with van der Waals surface area (Å²) in [7, 11) is -3.35. The Bertz CT molecular complexity index is 907. The van der Waals surface area contributed by atoms with Gasteiger partial charge in [0, 0.05) is 43.2 Å². The minimum Gasteiger partial charge on any atom is -0.365 e. The number of hydrogen-bond donors (Lipinski definition) is 1. The van der Waals surface area contributed by atoms with Gasteiger partial charge in [0.05, 0.1) is 0 Å². The molecule has 3 rings (SSSR count). The minimum absolute atomic E-state index is 0.171. The Hall–Kier alpha value is -2.74. The molecule has 0 radical (unpaired) electrons. The fourth-order valence-corrected chi connectivity index (χ4v) is 2.97. The van der Waals surface area contributed by atoms with Crippen LogP contribution in [0.2, 0.25) is 0 Å². The molecule has 0 aliphatic carbocycles. The number of nitrogens with zero attached hydrogens (tertiary/aromatic N) is 4. The van der Waals surface area contributed by atoms with Gasteiger partial charge in [-0.1, -0.05) is 6.07 Å². The maximum Gasteiger partial charge on any atom is 0.179 e. The summed E-state index contributed by atoms with van der Waals surface area (Å²) < 4.78 is 25.3. The molecule has 0 unspecified atom stereocenters. The van der Waals surface area contributed by atoms with E-state index in [1.807, 2.05) is 18.2 Å². The van der Waals surface area contributed by atoms with Crippen LogP contribution >= 0.6 is 0 Å². The number of sulfone groups is 1. The maximum atomic E-state index is 11.8. The third-order valence-electron chi connectivity index (χ3n) is 3.21. The zero-order valence-corrected chi connectivity index (χ0v) is 13.2. The molecule has 0 amide bonds. The van der Waals surface area contributed by atoms with Gasteiger partial charge in [-0.25, -0.2) is 23.1 Å². The Kier molecular flexibility index (Phi) is 4.07. The second-order valence-electron chi connectivity index (χ2n) is 4.91. The van der Waals surface area contributed by atoms with Gasteiger partial charge in [-0.15, -0.1) is 0 Å². The molecule has 3 aromatic heterocycles. The molecule has 118 valence electrons. The summed E-state index contributed by atoms with van der Waals surface area (Å²) in [6, 6.07) is 8.66. The first-order chi connectivity index (χ1) is 11.1. The van der Waals surface area contributed by atoms with Crippen molar-refractivity contribution in [2.75, 3.05) is 11.6 Å². The van der Waals surface area contributed by atoms with Crippen LogP contribution in [0.5, 0.6) is 0 Å². The van der Waals surface area contributed by atoms with Crippen LogP contribution in [0.1, 0.15) is 5.56 Å². The van der Waals surface area contributed by atoms with E-state index < -0.39 is 9.84 Å². The maximum absolute atomic E-state index is 11.8. The number of hydrogen-bond acceptors (Lipinski definition) is 6. The van der Waals surface area contributed by atoms with Crippen LogP contribution in [0.3, 0.4) is 0 Å². The highest BCUT2D eigenvalue weighted by atomic mass is 32.2. The summed E-state index contributed by atoms with van der Waals surface area (Å²) in [5.41, 5.74) is 0.876. The molecule has 0 bridgehead atoms. The molecule has 0 aliphatic heterocycles. The Morgan fingerprint density at radius 2 is 1.87 bits per heavy atom. The average molecular weight is 329 g/mol. The molecule has 0 aliphatic rings. The van der Waals surface area contributed by atoms with Crippen molar-refractivity contribution in [2.45, 2.75) is 11.4 Å². The van der Waals surface area contributed by atoms with Gasteiger partial charge in [-0.2, -0.15) is 5.10 Å². The molecule has 0 aromatic carbocycles. The molecule has 0 saturated heterocycles. The van der Waals surface area contributed by atoms with Crippen molar-refractivity contribution >= 4 is 15.7 Å². The van der Waals surface area contributed by atoms with Crippen LogP contribution in [0, 0.1) is 0 Å². The average Bonchev–Trinajstić information content (AvgIpc) is 3.07. The Morgan fingerprint density at radius 1 is 1.09 bits per heavy atom. The lowest BCUT2D eigenvalue weighted by Gasteiger charge is -2.12. The van der Waals surface area contributed by atoms with Crippen molar-refractivity contribution in [3.05, 3.63) is 60.7 Å². The Balaban J connectivity index is 1.89. The topological polar surface area (TPSA) is 89.8 Å². The molecule has 0 spiro atoms. The van der Waals surface area contributed by atoms with Crippen LogP contribution in [0.25, 0.3) is 5.82 Å². The molecular formula is C15H15N5O2S. The van der Waals surface area contributed by atoms with Crippen molar-refractivity contribution in [3.63, 3.8) is 0 Å². The zero-order valence-electron chi connectivity index (χ0n) is 12.4. The molecule has 8 heteroatoms. The van der Waals surface area contributed by atoms with Gasteiger partial charge in [-0.05, 0) is 24.3 Å². The van der Waals surface area contributed by atoms with E-state index in [0.29, 0.717) is 18.2 Å². The van der Waals surface area contributed by atoms with Gasteiger partial charge in [0.15, 0.2) is 15.7 Å². The van der Waals surface area contributed by atoms with E-state index in [4.69, 9.17) is 0 Å². The lowest BCUT2D eigenvalue weighted by Crippen LogP contribution is -2.10. The number of rotatable bonds is 5. The standard InChI is InChI=1S/C15H15N5O2S/c1-23(21,22)13-6-3-7-16-14(13)18-11-12-5-2-8-17-15(12)20-10-4-9-19-20/h2-10H,11H2,1H3,(H,16,18). The first kappa shape index (κ1) is 15.2.